The van der Waals surface area contributed by atoms with E-state index < -0.39 is 0 Å². The maximum Gasteiger partial charge on any atom is 0.0544 e. The van der Waals surface area contributed by atoms with Crippen LogP contribution < -0.4 is 5.43 Å². The highest BCUT2D eigenvalue weighted by Crippen LogP contribution is 2.64. The molecule has 0 radical (unpaired) electrons. The van der Waals surface area contributed by atoms with Crippen LogP contribution in [-0.4, -0.2) is 6.21 Å². The Labute approximate surface area is 129 Å². The predicted molar refractivity (Wildman–Crippen MR) is 87.6 cm³/mol. The lowest BCUT2D eigenvalue weighted by atomic mass is 9.69. The van der Waals surface area contributed by atoms with E-state index in [9.17, 15) is 0 Å². The van der Waals surface area contributed by atoms with E-state index in [0.29, 0.717) is 11.3 Å². The van der Waals surface area contributed by atoms with Crippen molar-refractivity contribution < 1.29 is 0 Å². The maximum atomic E-state index is 4.42. The fraction of sp³-hybridized carbons (Fsp3) is 0.471. The highest BCUT2D eigenvalue weighted by atomic mass is 79.9. The lowest BCUT2D eigenvalue weighted by molar-refractivity contribution is 0.164. The summed E-state index contributed by atoms with van der Waals surface area (Å²) >= 11 is 3.44. The van der Waals surface area contributed by atoms with E-state index in [0.717, 1.165) is 10.0 Å². The molecule has 0 unspecified atom stereocenters. The second kappa shape index (κ2) is 4.73. The third-order valence-corrected chi connectivity index (χ3v) is 6.06. The molecule has 0 aromatic heterocycles. The fourth-order valence-electron chi connectivity index (χ4n) is 3.58. The molecular weight excluding hydrogens is 312 g/mol. The largest absolute Gasteiger partial charge is 0.282 e. The van der Waals surface area contributed by atoms with Gasteiger partial charge in [-0.25, -0.2) is 0 Å². The van der Waals surface area contributed by atoms with Crippen molar-refractivity contribution in [1.29, 1.82) is 0 Å². The van der Waals surface area contributed by atoms with Gasteiger partial charge in [0.25, 0.3) is 0 Å². The number of nitrogens with zero attached hydrogens (tertiary/aromatic N) is 1. The molecule has 0 aliphatic heterocycles. The molecule has 106 valence electrons. The summed E-state index contributed by atoms with van der Waals surface area (Å²) in [6, 6.07) is 8.16. The Kier molecular flexibility index (Phi) is 3.28. The molecule has 0 spiro atoms. The average Bonchev–Trinajstić information content (AvgIpc) is 2.74. The first kappa shape index (κ1) is 13.9. The molecule has 1 fully saturated rings. The van der Waals surface area contributed by atoms with E-state index in [1.54, 1.807) is 0 Å². The van der Waals surface area contributed by atoms with Crippen molar-refractivity contribution in [2.75, 3.05) is 0 Å². The summed E-state index contributed by atoms with van der Waals surface area (Å²) in [4.78, 5) is 0. The SMILES string of the molecule is CC1(C)[C@H]2C=C(N/N=C\c3ccc(Br)cc3)[C@]1(C)CC2. The number of fused-ring (bicyclic) bond motifs is 2. The predicted octanol–water partition coefficient (Wildman–Crippen LogP) is 4.71. The maximum absolute atomic E-state index is 4.42. The molecule has 0 heterocycles. The molecule has 1 aromatic carbocycles. The number of hydrazone groups is 1. The molecular formula is C17H21BrN2. The molecule has 3 rings (SSSR count). The molecule has 0 saturated heterocycles. The minimum absolute atomic E-state index is 0.245. The molecule has 0 amide bonds. The van der Waals surface area contributed by atoms with Crippen molar-refractivity contribution >= 4 is 22.1 Å². The molecule has 1 aromatic rings. The zero-order valence-corrected chi connectivity index (χ0v) is 13.9. The Morgan fingerprint density at radius 3 is 2.50 bits per heavy atom. The van der Waals surface area contributed by atoms with E-state index in [2.05, 4.69) is 65.4 Å². The van der Waals surface area contributed by atoms with E-state index in [-0.39, 0.29) is 5.41 Å². The van der Waals surface area contributed by atoms with Crippen LogP contribution in [0.25, 0.3) is 0 Å². The lowest BCUT2D eigenvalue weighted by Crippen LogP contribution is -2.33. The van der Waals surface area contributed by atoms with Gasteiger partial charge in [0.1, 0.15) is 0 Å². The van der Waals surface area contributed by atoms with E-state index >= 15 is 0 Å². The van der Waals surface area contributed by atoms with Crippen LogP contribution in [0.4, 0.5) is 0 Å². The zero-order valence-electron chi connectivity index (χ0n) is 12.3. The number of benzene rings is 1. The van der Waals surface area contributed by atoms with Gasteiger partial charge in [0, 0.05) is 15.6 Å². The van der Waals surface area contributed by atoms with Gasteiger partial charge < -0.3 is 0 Å². The highest BCUT2D eigenvalue weighted by molar-refractivity contribution is 9.10. The first-order chi connectivity index (χ1) is 9.43. The van der Waals surface area contributed by atoms with Gasteiger partial charge in [-0.15, -0.1) is 0 Å². The molecule has 2 aliphatic rings. The fourth-order valence-corrected chi connectivity index (χ4v) is 3.85. The number of rotatable bonds is 3. The third kappa shape index (κ3) is 2.03. The Morgan fingerprint density at radius 2 is 1.95 bits per heavy atom. The summed E-state index contributed by atoms with van der Waals surface area (Å²) in [6.45, 7) is 7.14. The third-order valence-electron chi connectivity index (χ3n) is 5.54. The lowest BCUT2D eigenvalue weighted by Gasteiger charge is -2.36. The van der Waals surface area contributed by atoms with Crippen molar-refractivity contribution in [1.82, 2.24) is 5.43 Å². The van der Waals surface area contributed by atoms with Crippen LogP contribution in [0.3, 0.4) is 0 Å². The summed E-state index contributed by atoms with van der Waals surface area (Å²) in [5.41, 5.74) is 6.29. The average molecular weight is 333 g/mol. The van der Waals surface area contributed by atoms with Gasteiger partial charge in [-0.3, -0.25) is 5.43 Å². The summed E-state index contributed by atoms with van der Waals surface area (Å²) < 4.78 is 1.09. The number of hydrogen-bond acceptors (Lipinski definition) is 2. The smallest absolute Gasteiger partial charge is 0.0544 e. The van der Waals surface area contributed by atoms with E-state index in [4.69, 9.17) is 0 Å². The number of halogens is 1. The van der Waals surface area contributed by atoms with Gasteiger partial charge in [0.05, 0.1) is 6.21 Å². The van der Waals surface area contributed by atoms with Crippen LogP contribution >= 0.6 is 15.9 Å². The molecule has 2 aliphatic carbocycles. The highest BCUT2D eigenvalue weighted by Gasteiger charge is 2.57. The Morgan fingerprint density at radius 1 is 1.25 bits per heavy atom. The summed E-state index contributed by atoms with van der Waals surface area (Å²) in [6.07, 6.45) is 6.85. The van der Waals surface area contributed by atoms with Crippen molar-refractivity contribution in [2.45, 2.75) is 33.6 Å². The zero-order chi connectivity index (χ0) is 14.4. The van der Waals surface area contributed by atoms with Gasteiger partial charge in [-0.1, -0.05) is 54.9 Å². The van der Waals surface area contributed by atoms with Crippen molar-refractivity contribution in [3.05, 3.63) is 46.1 Å². The van der Waals surface area contributed by atoms with Crippen LogP contribution in [0, 0.1) is 16.7 Å². The van der Waals surface area contributed by atoms with Gasteiger partial charge in [-0.05, 0) is 41.9 Å². The molecule has 2 bridgehead atoms. The minimum Gasteiger partial charge on any atom is -0.282 e. The second-order valence-electron chi connectivity index (χ2n) is 6.70. The topological polar surface area (TPSA) is 24.4 Å². The standard InChI is InChI=1S/C17H21BrN2/c1-16(2)13-8-9-17(16,3)15(10-13)20-19-11-12-4-6-14(18)7-5-12/h4-7,10-11,13,20H,8-9H2,1-3H3/b19-11-/t13-,17+/m1/s1. The van der Waals surface area contributed by atoms with E-state index in [1.807, 2.05) is 18.3 Å². The first-order valence-electron chi connectivity index (χ1n) is 7.20. The Bertz CT molecular complexity index is 571. The molecule has 3 heteroatoms. The first-order valence-corrected chi connectivity index (χ1v) is 8.00. The monoisotopic (exact) mass is 332 g/mol. The van der Waals surface area contributed by atoms with E-state index in [1.165, 1.54) is 18.5 Å². The van der Waals surface area contributed by atoms with Gasteiger partial charge >= 0.3 is 0 Å². The normalized spacial score (nSPS) is 30.8. The van der Waals surface area contributed by atoms with Gasteiger partial charge in [-0.2, -0.15) is 5.10 Å². The molecule has 2 nitrogen and oxygen atoms in total. The quantitative estimate of drug-likeness (QED) is 0.629. The number of allylic oxidation sites excluding steroid dienone is 2. The molecule has 20 heavy (non-hydrogen) atoms. The van der Waals surface area contributed by atoms with Crippen LogP contribution in [0.5, 0.6) is 0 Å². The van der Waals surface area contributed by atoms with Gasteiger partial charge in [0.15, 0.2) is 0 Å². The summed E-state index contributed by atoms with van der Waals surface area (Å²) in [5.74, 6) is 0.692. The summed E-state index contributed by atoms with van der Waals surface area (Å²) in [7, 11) is 0. The van der Waals surface area contributed by atoms with Gasteiger partial charge in [0.2, 0.25) is 0 Å². The minimum atomic E-state index is 0.245. The molecule has 1 saturated carbocycles. The number of hydrogen-bond donors (Lipinski definition) is 1. The van der Waals surface area contributed by atoms with Crippen molar-refractivity contribution in [3.63, 3.8) is 0 Å². The Balaban J connectivity index is 1.71. The molecule has 1 N–H and O–H groups in total. The summed E-state index contributed by atoms with van der Waals surface area (Å²) in [5, 5.41) is 4.42. The van der Waals surface area contributed by atoms with Crippen molar-refractivity contribution in [3.8, 4) is 0 Å². The van der Waals surface area contributed by atoms with Crippen LogP contribution in [0.15, 0.2) is 45.6 Å². The van der Waals surface area contributed by atoms with Crippen LogP contribution in [0.1, 0.15) is 39.2 Å². The van der Waals surface area contributed by atoms with Crippen molar-refractivity contribution in [2.24, 2.45) is 21.8 Å². The molecule has 2 atom stereocenters. The second-order valence-corrected chi connectivity index (χ2v) is 7.62. The Hall–Kier alpha value is -1.09. The van der Waals surface area contributed by atoms with Crippen LogP contribution in [0.2, 0.25) is 0 Å². The number of nitrogens with one attached hydrogen (secondary N) is 1. The van der Waals surface area contributed by atoms with Crippen LogP contribution in [-0.2, 0) is 0 Å².